The maximum absolute atomic E-state index is 5.77. The average Bonchev–Trinajstić information content (AvgIpc) is 2.53. The smallest absolute Gasteiger partial charge is 0.0822 e. The van der Waals surface area contributed by atoms with E-state index in [1.54, 1.807) is 0 Å². The van der Waals surface area contributed by atoms with Crippen LogP contribution < -0.4 is 5.73 Å². The molecule has 0 aliphatic rings. The van der Waals surface area contributed by atoms with Gasteiger partial charge in [-0.25, -0.2) is 0 Å². The average molecular weight is 209 g/mol. The van der Waals surface area contributed by atoms with Gasteiger partial charge in [-0.1, -0.05) is 33.1 Å². The van der Waals surface area contributed by atoms with E-state index < -0.39 is 0 Å². The van der Waals surface area contributed by atoms with Crippen molar-refractivity contribution in [3.63, 3.8) is 0 Å². The van der Waals surface area contributed by atoms with Crippen LogP contribution in [0.4, 0.5) is 5.69 Å². The Balaban J connectivity index is 2.50. The van der Waals surface area contributed by atoms with E-state index in [-0.39, 0.29) is 0 Å². The Morgan fingerprint density at radius 1 is 1.47 bits per heavy atom. The summed E-state index contributed by atoms with van der Waals surface area (Å²) in [7, 11) is 0. The summed E-state index contributed by atoms with van der Waals surface area (Å²) in [6.45, 7) is 7.45. The lowest BCUT2D eigenvalue weighted by Crippen LogP contribution is -2.10. The van der Waals surface area contributed by atoms with Gasteiger partial charge >= 0.3 is 0 Å². The Bertz CT molecular complexity index is 272. The molecule has 0 bridgehead atoms. The van der Waals surface area contributed by atoms with Crippen LogP contribution in [0.2, 0.25) is 0 Å². The fraction of sp³-hybridized carbons (Fsp3) is 0.750. The molecule has 0 amide bonds. The zero-order valence-corrected chi connectivity index (χ0v) is 10.2. The fourth-order valence-electron chi connectivity index (χ4n) is 1.81. The summed E-state index contributed by atoms with van der Waals surface area (Å²) in [5.74, 6) is 0.739. The molecule has 0 aliphatic heterocycles. The molecule has 0 saturated carbocycles. The van der Waals surface area contributed by atoms with Gasteiger partial charge in [0.2, 0.25) is 0 Å². The standard InChI is InChI=1S/C12H23N3/c1-4-6-7-11(5-2)8-15-9-12(13)10(3)14-15/h9,11H,4-8,13H2,1-3H3. The molecule has 0 fully saturated rings. The molecule has 1 rings (SSSR count). The molecular formula is C12H23N3. The molecule has 0 radical (unpaired) electrons. The summed E-state index contributed by atoms with van der Waals surface area (Å²) < 4.78 is 1.99. The number of unbranched alkanes of at least 4 members (excludes halogenated alkanes) is 1. The first kappa shape index (κ1) is 12.1. The third-order valence-electron chi connectivity index (χ3n) is 2.97. The van der Waals surface area contributed by atoms with Gasteiger partial charge in [-0.3, -0.25) is 4.68 Å². The number of anilines is 1. The minimum absolute atomic E-state index is 0.739. The van der Waals surface area contributed by atoms with Gasteiger partial charge in [0, 0.05) is 12.7 Å². The molecular weight excluding hydrogens is 186 g/mol. The second-order valence-corrected chi connectivity index (χ2v) is 4.31. The fourth-order valence-corrected chi connectivity index (χ4v) is 1.81. The van der Waals surface area contributed by atoms with Crippen molar-refractivity contribution in [3.8, 4) is 0 Å². The number of aryl methyl sites for hydroxylation is 1. The van der Waals surface area contributed by atoms with Gasteiger partial charge in [0.15, 0.2) is 0 Å². The lowest BCUT2D eigenvalue weighted by Gasteiger charge is -2.13. The highest BCUT2D eigenvalue weighted by molar-refractivity contribution is 5.39. The summed E-state index contributed by atoms with van der Waals surface area (Å²) in [6.07, 6.45) is 7.06. The van der Waals surface area contributed by atoms with Gasteiger partial charge in [0.25, 0.3) is 0 Å². The van der Waals surface area contributed by atoms with Gasteiger partial charge in [-0.2, -0.15) is 5.10 Å². The highest BCUT2D eigenvalue weighted by Crippen LogP contribution is 2.16. The number of nitrogens with two attached hydrogens (primary N) is 1. The van der Waals surface area contributed by atoms with E-state index in [0.29, 0.717) is 0 Å². The molecule has 0 saturated heterocycles. The number of aromatic nitrogens is 2. The topological polar surface area (TPSA) is 43.8 Å². The van der Waals surface area contributed by atoms with Gasteiger partial charge in [0.1, 0.15) is 0 Å². The van der Waals surface area contributed by atoms with Crippen molar-refractivity contribution >= 4 is 5.69 Å². The van der Waals surface area contributed by atoms with E-state index in [4.69, 9.17) is 5.73 Å². The van der Waals surface area contributed by atoms with Crippen LogP contribution in [-0.4, -0.2) is 9.78 Å². The number of rotatable bonds is 6. The lowest BCUT2D eigenvalue weighted by atomic mass is 10.00. The highest BCUT2D eigenvalue weighted by Gasteiger charge is 2.08. The number of nitrogens with zero attached hydrogens (tertiary/aromatic N) is 2. The van der Waals surface area contributed by atoms with E-state index in [1.807, 2.05) is 17.8 Å². The Morgan fingerprint density at radius 3 is 2.67 bits per heavy atom. The van der Waals surface area contributed by atoms with Crippen molar-refractivity contribution in [1.29, 1.82) is 0 Å². The molecule has 15 heavy (non-hydrogen) atoms. The van der Waals surface area contributed by atoms with E-state index in [2.05, 4.69) is 18.9 Å². The molecule has 2 N–H and O–H groups in total. The summed E-state index contributed by atoms with van der Waals surface area (Å²) in [4.78, 5) is 0. The molecule has 1 atom stereocenters. The van der Waals surface area contributed by atoms with Gasteiger partial charge < -0.3 is 5.73 Å². The normalized spacial score (nSPS) is 13.0. The zero-order valence-electron chi connectivity index (χ0n) is 10.2. The van der Waals surface area contributed by atoms with Gasteiger partial charge in [-0.05, 0) is 19.3 Å². The van der Waals surface area contributed by atoms with Crippen LogP contribution >= 0.6 is 0 Å². The Kier molecular flexibility index (Phi) is 4.66. The van der Waals surface area contributed by atoms with Gasteiger partial charge in [0.05, 0.1) is 11.4 Å². The summed E-state index contributed by atoms with van der Waals surface area (Å²) in [6, 6.07) is 0. The van der Waals surface area contributed by atoms with Crippen molar-refractivity contribution in [3.05, 3.63) is 11.9 Å². The first-order valence-electron chi connectivity index (χ1n) is 5.96. The molecule has 1 unspecified atom stereocenters. The Labute approximate surface area is 92.7 Å². The monoisotopic (exact) mass is 209 g/mol. The summed E-state index contributed by atoms with van der Waals surface area (Å²) in [5, 5.41) is 4.40. The second kappa shape index (κ2) is 5.79. The zero-order chi connectivity index (χ0) is 11.3. The van der Waals surface area contributed by atoms with Crippen molar-refractivity contribution < 1.29 is 0 Å². The summed E-state index contributed by atoms with van der Waals surface area (Å²) >= 11 is 0. The van der Waals surface area contributed by atoms with Gasteiger partial charge in [-0.15, -0.1) is 0 Å². The Hall–Kier alpha value is -0.990. The first-order valence-corrected chi connectivity index (χ1v) is 5.96. The van der Waals surface area contributed by atoms with E-state index in [1.165, 1.54) is 25.7 Å². The predicted octanol–water partition coefficient (Wildman–Crippen LogP) is 2.99. The molecule has 1 aromatic rings. The number of nitrogen functional groups attached to an aromatic ring is 1. The van der Waals surface area contributed by atoms with Crippen LogP contribution in [-0.2, 0) is 6.54 Å². The van der Waals surface area contributed by atoms with E-state index in [9.17, 15) is 0 Å². The third-order valence-corrected chi connectivity index (χ3v) is 2.97. The van der Waals surface area contributed by atoms with Crippen molar-refractivity contribution in [2.24, 2.45) is 5.92 Å². The first-order chi connectivity index (χ1) is 7.17. The maximum atomic E-state index is 5.77. The molecule has 3 heteroatoms. The summed E-state index contributed by atoms with van der Waals surface area (Å²) in [5.41, 5.74) is 7.53. The minimum atomic E-state index is 0.739. The lowest BCUT2D eigenvalue weighted by molar-refractivity contribution is 0.371. The highest BCUT2D eigenvalue weighted by atomic mass is 15.3. The quantitative estimate of drug-likeness (QED) is 0.782. The van der Waals surface area contributed by atoms with Crippen LogP contribution in [0.25, 0.3) is 0 Å². The SMILES string of the molecule is CCCCC(CC)Cn1cc(N)c(C)n1. The molecule has 86 valence electrons. The van der Waals surface area contributed by atoms with E-state index >= 15 is 0 Å². The molecule has 0 aliphatic carbocycles. The number of hydrogen-bond acceptors (Lipinski definition) is 2. The third kappa shape index (κ3) is 3.57. The van der Waals surface area contributed by atoms with Crippen molar-refractivity contribution in [2.45, 2.75) is 53.0 Å². The van der Waals surface area contributed by atoms with Crippen LogP contribution in [0.3, 0.4) is 0 Å². The van der Waals surface area contributed by atoms with Crippen molar-refractivity contribution in [2.75, 3.05) is 5.73 Å². The molecule has 0 spiro atoms. The molecule has 3 nitrogen and oxygen atoms in total. The second-order valence-electron chi connectivity index (χ2n) is 4.31. The van der Waals surface area contributed by atoms with Crippen LogP contribution in [0.5, 0.6) is 0 Å². The molecule has 0 aromatic carbocycles. The van der Waals surface area contributed by atoms with Crippen LogP contribution in [0.15, 0.2) is 6.20 Å². The van der Waals surface area contributed by atoms with E-state index in [0.717, 1.165) is 23.8 Å². The van der Waals surface area contributed by atoms with Crippen LogP contribution in [0.1, 0.15) is 45.2 Å². The number of hydrogen-bond donors (Lipinski definition) is 1. The molecule has 1 heterocycles. The minimum Gasteiger partial charge on any atom is -0.396 e. The maximum Gasteiger partial charge on any atom is 0.0822 e. The molecule has 1 aromatic heterocycles. The Morgan fingerprint density at radius 2 is 2.20 bits per heavy atom. The van der Waals surface area contributed by atoms with Crippen LogP contribution in [0, 0.1) is 12.8 Å². The van der Waals surface area contributed by atoms with Crippen molar-refractivity contribution in [1.82, 2.24) is 9.78 Å². The largest absolute Gasteiger partial charge is 0.396 e. The predicted molar refractivity (Wildman–Crippen MR) is 64.7 cm³/mol.